The minimum Gasteiger partial charge on any atom is -0.383 e. The Morgan fingerprint density at radius 3 is 2.81 bits per heavy atom. The van der Waals surface area contributed by atoms with Gasteiger partial charge >= 0.3 is 0 Å². The molecule has 0 saturated carbocycles. The molecule has 1 N–H and O–H groups in total. The van der Waals surface area contributed by atoms with Gasteiger partial charge in [-0.2, -0.15) is 0 Å². The first-order valence-corrected chi connectivity index (χ1v) is 8.12. The van der Waals surface area contributed by atoms with Crippen molar-refractivity contribution in [2.45, 2.75) is 46.2 Å². The fourth-order valence-electron chi connectivity index (χ4n) is 2.22. The normalized spacial score (nSPS) is 14.1. The van der Waals surface area contributed by atoms with Gasteiger partial charge in [-0.3, -0.25) is 0 Å². The summed E-state index contributed by atoms with van der Waals surface area (Å²) in [4.78, 5) is 10.4. The summed E-state index contributed by atoms with van der Waals surface area (Å²) in [6.07, 6.45) is 5.05. The number of thiazole rings is 1. The lowest BCUT2D eigenvalue weighted by molar-refractivity contribution is 0.163. The minimum absolute atomic E-state index is 0.144. The largest absolute Gasteiger partial charge is 0.383 e. The molecule has 2 rings (SSSR count). The van der Waals surface area contributed by atoms with E-state index in [1.807, 2.05) is 13.1 Å². The predicted octanol–water partition coefficient (Wildman–Crippen LogP) is 3.59. The van der Waals surface area contributed by atoms with Gasteiger partial charge in [0.05, 0.1) is 24.4 Å². The van der Waals surface area contributed by atoms with Gasteiger partial charge in [-0.15, -0.1) is 11.3 Å². The maximum Gasteiger partial charge on any atom is 0.203 e. The lowest BCUT2D eigenvalue weighted by Crippen LogP contribution is -2.16. The highest BCUT2D eigenvalue weighted by atomic mass is 32.1. The second-order valence-corrected chi connectivity index (χ2v) is 6.45. The lowest BCUT2D eigenvalue weighted by atomic mass is 10.3. The monoisotopic (exact) mass is 308 g/mol. The van der Waals surface area contributed by atoms with Crippen LogP contribution in [0.1, 0.15) is 48.4 Å². The summed E-state index contributed by atoms with van der Waals surface area (Å²) in [7, 11) is 1.72. The van der Waals surface area contributed by atoms with Gasteiger partial charge in [0, 0.05) is 24.4 Å². The van der Waals surface area contributed by atoms with E-state index < -0.39 is 0 Å². The minimum atomic E-state index is 0.144. The zero-order valence-electron chi connectivity index (χ0n) is 13.4. The fraction of sp³-hybridized carbons (Fsp3) is 0.600. The third-order valence-corrected chi connectivity index (χ3v) is 4.70. The molecule has 2 heterocycles. The van der Waals surface area contributed by atoms with Gasteiger partial charge in [0.2, 0.25) is 5.95 Å². The number of imidazole rings is 1. The molecule has 2 aromatic heterocycles. The van der Waals surface area contributed by atoms with Crippen LogP contribution in [0.4, 0.5) is 5.95 Å². The Hall–Kier alpha value is -1.40. The molecule has 0 radical (unpaired) electrons. The van der Waals surface area contributed by atoms with E-state index in [9.17, 15) is 0 Å². The van der Waals surface area contributed by atoms with E-state index in [0.717, 1.165) is 23.1 Å². The summed E-state index contributed by atoms with van der Waals surface area (Å²) >= 11 is 1.76. The summed E-state index contributed by atoms with van der Waals surface area (Å²) in [5.41, 5.74) is 1.00. The molecular formula is C15H24N4OS. The molecule has 21 heavy (non-hydrogen) atoms. The highest BCUT2D eigenvalue weighted by Gasteiger charge is 2.16. The van der Waals surface area contributed by atoms with Crippen LogP contribution in [0.15, 0.2) is 12.4 Å². The number of methoxy groups -OCH3 is 1. The molecule has 0 aromatic carbocycles. The van der Waals surface area contributed by atoms with E-state index in [4.69, 9.17) is 4.74 Å². The van der Waals surface area contributed by atoms with Crippen molar-refractivity contribution in [3.8, 4) is 0 Å². The topological polar surface area (TPSA) is 52.0 Å². The molecule has 5 nitrogen and oxygen atoms in total. The van der Waals surface area contributed by atoms with Gasteiger partial charge in [-0.1, -0.05) is 6.92 Å². The number of aromatic nitrogens is 3. The molecule has 0 amide bonds. The second-order valence-electron chi connectivity index (χ2n) is 5.30. The smallest absolute Gasteiger partial charge is 0.203 e. The van der Waals surface area contributed by atoms with Crippen LogP contribution < -0.4 is 5.32 Å². The molecule has 0 aliphatic rings. The molecule has 0 bridgehead atoms. The third kappa shape index (κ3) is 3.83. The number of rotatable bonds is 7. The van der Waals surface area contributed by atoms with E-state index in [2.05, 4.69) is 46.8 Å². The summed E-state index contributed by atoms with van der Waals surface area (Å²) in [5, 5.41) is 4.56. The Morgan fingerprint density at radius 2 is 2.19 bits per heavy atom. The van der Waals surface area contributed by atoms with Gasteiger partial charge in [-0.25, -0.2) is 9.97 Å². The molecule has 6 heteroatoms. The summed E-state index contributed by atoms with van der Waals surface area (Å²) in [6, 6.07) is 0.388. The number of hydrogen-bond donors (Lipinski definition) is 1. The number of aryl methyl sites for hydroxylation is 2. The summed E-state index contributed by atoms with van der Waals surface area (Å²) in [5.74, 6) is 0.873. The van der Waals surface area contributed by atoms with Crippen molar-refractivity contribution in [3.63, 3.8) is 0 Å². The van der Waals surface area contributed by atoms with Crippen molar-refractivity contribution in [3.05, 3.63) is 28.0 Å². The Kier molecular flexibility index (Phi) is 5.36. The predicted molar refractivity (Wildman–Crippen MR) is 87.1 cm³/mol. The van der Waals surface area contributed by atoms with E-state index in [1.165, 1.54) is 4.88 Å². The van der Waals surface area contributed by atoms with Gasteiger partial charge in [0.1, 0.15) is 5.01 Å². The highest BCUT2D eigenvalue weighted by Crippen LogP contribution is 2.25. The number of hydrogen-bond acceptors (Lipinski definition) is 5. The number of nitrogens with one attached hydrogen (secondary N) is 1. The average molecular weight is 308 g/mol. The summed E-state index contributed by atoms with van der Waals surface area (Å²) in [6.45, 7) is 9.06. The zero-order chi connectivity index (χ0) is 15.4. The quantitative estimate of drug-likeness (QED) is 0.849. The molecule has 0 spiro atoms. The molecule has 0 aliphatic heterocycles. The van der Waals surface area contributed by atoms with Crippen molar-refractivity contribution in [1.82, 2.24) is 14.5 Å². The molecule has 2 aromatic rings. The van der Waals surface area contributed by atoms with Crippen LogP contribution in [0, 0.1) is 6.92 Å². The van der Waals surface area contributed by atoms with Gasteiger partial charge in [0.15, 0.2) is 0 Å². The molecule has 0 fully saturated rings. The number of nitrogens with zero attached hydrogens (tertiary/aromatic N) is 3. The SMILES string of the molecule is CCc1cnc(C(C)Nc2nc(C)cn2C(C)COC)s1. The van der Waals surface area contributed by atoms with Crippen LogP contribution in [0.3, 0.4) is 0 Å². The van der Waals surface area contributed by atoms with Crippen molar-refractivity contribution in [1.29, 1.82) is 0 Å². The first-order valence-electron chi connectivity index (χ1n) is 7.30. The van der Waals surface area contributed by atoms with Gasteiger partial charge in [0.25, 0.3) is 0 Å². The molecule has 2 atom stereocenters. The first-order chi connectivity index (χ1) is 10.0. The van der Waals surface area contributed by atoms with E-state index in [-0.39, 0.29) is 12.1 Å². The van der Waals surface area contributed by atoms with Crippen molar-refractivity contribution in [2.75, 3.05) is 19.0 Å². The second kappa shape index (κ2) is 7.04. The Labute approximate surface area is 130 Å². The summed E-state index contributed by atoms with van der Waals surface area (Å²) < 4.78 is 7.37. The molecule has 116 valence electrons. The van der Waals surface area contributed by atoms with Crippen molar-refractivity contribution >= 4 is 17.3 Å². The highest BCUT2D eigenvalue weighted by molar-refractivity contribution is 7.11. The van der Waals surface area contributed by atoms with Crippen LogP contribution in [0.25, 0.3) is 0 Å². The maximum absolute atomic E-state index is 5.24. The first kappa shape index (κ1) is 16.0. The molecule has 2 unspecified atom stereocenters. The van der Waals surface area contributed by atoms with Crippen molar-refractivity contribution < 1.29 is 4.74 Å². The molecular weight excluding hydrogens is 284 g/mol. The van der Waals surface area contributed by atoms with Crippen LogP contribution in [-0.4, -0.2) is 28.3 Å². The van der Waals surface area contributed by atoms with Gasteiger partial charge in [-0.05, 0) is 27.2 Å². The standard InChI is InChI=1S/C15H24N4OS/c1-6-13-7-16-14(21-13)12(4)18-15-17-10(2)8-19(15)11(3)9-20-5/h7-8,11-12H,6,9H2,1-5H3,(H,17,18). The van der Waals surface area contributed by atoms with E-state index >= 15 is 0 Å². The Bertz CT molecular complexity index is 578. The Balaban J connectivity index is 2.14. The zero-order valence-corrected chi connectivity index (χ0v) is 14.2. The fourth-order valence-corrected chi connectivity index (χ4v) is 3.08. The van der Waals surface area contributed by atoms with Crippen LogP contribution >= 0.6 is 11.3 Å². The third-order valence-electron chi connectivity index (χ3n) is 3.37. The number of anilines is 1. The number of ether oxygens (including phenoxy) is 1. The van der Waals surface area contributed by atoms with E-state index in [1.54, 1.807) is 18.4 Å². The molecule has 0 aliphatic carbocycles. The maximum atomic E-state index is 5.24. The van der Waals surface area contributed by atoms with Crippen LogP contribution in [0.5, 0.6) is 0 Å². The van der Waals surface area contributed by atoms with E-state index in [0.29, 0.717) is 6.61 Å². The van der Waals surface area contributed by atoms with Crippen LogP contribution in [-0.2, 0) is 11.2 Å². The molecule has 0 saturated heterocycles. The van der Waals surface area contributed by atoms with Gasteiger partial charge < -0.3 is 14.6 Å². The average Bonchev–Trinajstić information content (AvgIpc) is 3.05. The van der Waals surface area contributed by atoms with Crippen LogP contribution in [0.2, 0.25) is 0 Å². The Morgan fingerprint density at radius 1 is 1.43 bits per heavy atom. The lowest BCUT2D eigenvalue weighted by Gasteiger charge is -2.18. The van der Waals surface area contributed by atoms with Crippen molar-refractivity contribution in [2.24, 2.45) is 0 Å².